The Morgan fingerprint density at radius 2 is 2.17 bits per heavy atom. The van der Waals surface area contributed by atoms with E-state index in [0.717, 1.165) is 17.8 Å². The van der Waals surface area contributed by atoms with Crippen molar-refractivity contribution < 1.29 is 0 Å². The molecule has 0 N–H and O–H groups in total. The van der Waals surface area contributed by atoms with Crippen LogP contribution < -0.4 is 0 Å². The van der Waals surface area contributed by atoms with Gasteiger partial charge in [0.05, 0.1) is 0 Å². The summed E-state index contributed by atoms with van der Waals surface area (Å²) in [6, 6.07) is 0. The quantitative estimate of drug-likeness (QED) is 0.517. The first-order valence-electron chi connectivity index (χ1n) is 5.25. The number of hydrogen-bond donors (Lipinski definition) is 0. The topological polar surface area (TPSA) is 0 Å². The van der Waals surface area contributed by atoms with Gasteiger partial charge in [-0.25, -0.2) is 0 Å². The molecular weight excluding hydrogens is 144 g/mol. The SMILES string of the molecule is CCC1C=CCCC2C=CC1C2. The minimum Gasteiger partial charge on any atom is -0.0882 e. The summed E-state index contributed by atoms with van der Waals surface area (Å²) < 4.78 is 0. The van der Waals surface area contributed by atoms with E-state index >= 15 is 0 Å². The fourth-order valence-electron chi connectivity index (χ4n) is 2.50. The van der Waals surface area contributed by atoms with E-state index in [0.29, 0.717) is 0 Å². The zero-order chi connectivity index (χ0) is 8.39. The second-order valence-electron chi connectivity index (χ2n) is 4.12. The normalized spacial score (nSPS) is 39.6. The Morgan fingerprint density at radius 1 is 1.25 bits per heavy atom. The molecule has 3 atom stereocenters. The molecule has 0 fully saturated rings. The summed E-state index contributed by atoms with van der Waals surface area (Å²) in [5.74, 6) is 2.58. The fourth-order valence-corrected chi connectivity index (χ4v) is 2.50. The van der Waals surface area contributed by atoms with Gasteiger partial charge in [-0.2, -0.15) is 0 Å². The highest BCUT2D eigenvalue weighted by molar-refractivity contribution is 5.09. The van der Waals surface area contributed by atoms with Crippen molar-refractivity contribution >= 4 is 0 Å². The van der Waals surface area contributed by atoms with Gasteiger partial charge in [0.2, 0.25) is 0 Å². The van der Waals surface area contributed by atoms with Crippen LogP contribution in [-0.4, -0.2) is 0 Å². The van der Waals surface area contributed by atoms with E-state index in [-0.39, 0.29) is 0 Å². The second kappa shape index (κ2) is 3.47. The predicted octanol–water partition coefficient (Wildman–Crippen LogP) is 3.55. The average Bonchev–Trinajstić information content (AvgIpc) is 2.50. The second-order valence-corrected chi connectivity index (χ2v) is 4.12. The highest BCUT2D eigenvalue weighted by Crippen LogP contribution is 2.36. The molecule has 0 radical (unpaired) electrons. The Bertz CT molecular complexity index is 200. The molecular formula is C12H18. The minimum absolute atomic E-state index is 0.826. The van der Waals surface area contributed by atoms with Crippen LogP contribution in [-0.2, 0) is 0 Å². The van der Waals surface area contributed by atoms with Crippen molar-refractivity contribution in [2.45, 2.75) is 32.6 Å². The summed E-state index contributed by atoms with van der Waals surface area (Å²) >= 11 is 0. The predicted molar refractivity (Wildman–Crippen MR) is 52.9 cm³/mol. The first kappa shape index (κ1) is 8.10. The first-order chi connectivity index (χ1) is 5.90. The lowest BCUT2D eigenvalue weighted by Gasteiger charge is -2.20. The molecule has 0 heteroatoms. The van der Waals surface area contributed by atoms with Gasteiger partial charge in [0.25, 0.3) is 0 Å². The zero-order valence-electron chi connectivity index (χ0n) is 7.87. The molecule has 0 nitrogen and oxygen atoms in total. The molecule has 0 aromatic heterocycles. The van der Waals surface area contributed by atoms with E-state index in [4.69, 9.17) is 0 Å². The third-order valence-corrected chi connectivity index (χ3v) is 3.31. The van der Waals surface area contributed by atoms with Crippen LogP contribution in [0.2, 0.25) is 0 Å². The van der Waals surface area contributed by atoms with Crippen LogP contribution in [0.1, 0.15) is 32.6 Å². The molecule has 2 rings (SSSR count). The van der Waals surface area contributed by atoms with Crippen LogP contribution in [0, 0.1) is 17.8 Å². The molecule has 0 spiro atoms. The molecule has 0 heterocycles. The molecule has 0 aromatic carbocycles. The van der Waals surface area contributed by atoms with Crippen LogP contribution in [0.5, 0.6) is 0 Å². The third kappa shape index (κ3) is 1.48. The maximum absolute atomic E-state index is 2.45. The zero-order valence-corrected chi connectivity index (χ0v) is 7.87. The van der Waals surface area contributed by atoms with Crippen molar-refractivity contribution in [1.82, 2.24) is 0 Å². The lowest BCUT2D eigenvalue weighted by atomic mass is 9.84. The van der Waals surface area contributed by atoms with E-state index in [2.05, 4.69) is 31.2 Å². The van der Waals surface area contributed by atoms with E-state index < -0.39 is 0 Å². The molecule has 0 aromatic rings. The van der Waals surface area contributed by atoms with Crippen LogP contribution in [0.25, 0.3) is 0 Å². The van der Waals surface area contributed by atoms with Crippen LogP contribution in [0.15, 0.2) is 24.3 Å². The lowest BCUT2D eigenvalue weighted by Crippen LogP contribution is -2.10. The summed E-state index contributed by atoms with van der Waals surface area (Å²) in [5, 5.41) is 0. The number of fused-ring (bicyclic) bond motifs is 2. The molecule has 12 heavy (non-hydrogen) atoms. The Labute approximate surface area is 75.4 Å². The smallest absolute Gasteiger partial charge is 0.0165 e. The Hall–Kier alpha value is -0.520. The molecule has 0 amide bonds. The Kier molecular flexibility index (Phi) is 2.34. The van der Waals surface area contributed by atoms with E-state index in [1.165, 1.54) is 25.7 Å². The highest BCUT2D eigenvalue weighted by Gasteiger charge is 2.24. The van der Waals surface area contributed by atoms with Gasteiger partial charge in [0.1, 0.15) is 0 Å². The number of rotatable bonds is 1. The van der Waals surface area contributed by atoms with Gasteiger partial charge >= 0.3 is 0 Å². The third-order valence-electron chi connectivity index (χ3n) is 3.31. The van der Waals surface area contributed by atoms with Crippen molar-refractivity contribution in [2.75, 3.05) is 0 Å². The largest absolute Gasteiger partial charge is 0.0882 e. The Morgan fingerprint density at radius 3 is 3.00 bits per heavy atom. The average molecular weight is 162 g/mol. The van der Waals surface area contributed by atoms with Crippen molar-refractivity contribution in [1.29, 1.82) is 0 Å². The summed E-state index contributed by atoms with van der Waals surface area (Å²) in [7, 11) is 0. The lowest BCUT2D eigenvalue weighted by molar-refractivity contribution is 0.394. The molecule has 2 aliphatic rings. The molecule has 0 saturated carbocycles. The van der Waals surface area contributed by atoms with E-state index in [1.807, 2.05) is 0 Å². The molecule has 2 aliphatic carbocycles. The van der Waals surface area contributed by atoms with Gasteiger partial charge < -0.3 is 0 Å². The van der Waals surface area contributed by atoms with Gasteiger partial charge in [-0.15, -0.1) is 0 Å². The standard InChI is InChI=1S/C12H18/c1-2-11-6-4-3-5-10-7-8-12(11)9-10/h4,6-8,10-12H,2-3,5,9H2,1H3. The van der Waals surface area contributed by atoms with Crippen molar-refractivity contribution in [2.24, 2.45) is 17.8 Å². The summed E-state index contributed by atoms with van der Waals surface area (Å²) in [6.45, 7) is 2.30. The van der Waals surface area contributed by atoms with Crippen molar-refractivity contribution in [3.8, 4) is 0 Å². The molecule has 0 aliphatic heterocycles. The van der Waals surface area contributed by atoms with Gasteiger partial charge in [0, 0.05) is 0 Å². The van der Waals surface area contributed by atoms with Crippen molar-refractivity contribution in [3.05, 3.63) is 24.3 Å². The first-order valence-corrected chi connectivity index (χ1v) is 5.25. The fraction of sp³-hybridized carbons (Fsp3) is 0.667. The number of hydrogen-bond acceptors (Lipinski definition) is 0. The molecule has 66 valence electrons. The molecule has 0 saturated heterocycles. The van der Waals surface area contributed by atoms with Crippen LogP contribution in [0.4, 0.5) is 0 Å². The maximum atomic E-state index is 2.45. The Balaban J connectivity index is 2.12. The van der Waals surface area contributed by atoms with Gasteiger partial charge in [-0.3, -0.25) is 0 Å². The molecule has 3 unspecified atom stereocenters. The van der Waals surface area contributed by atoms with E-state index in [1.54, 1.807) is 0 Å². The summed E-state index contributed by atoms with van der Waals surface area (Å²) in [6.07, 6.45) is 15.1. The molecule has 2 bridgehead atoms. The summed E-state index contributed by atoms with van der Waals surface area (Å²) in [4.78, 5) is 0. The maximum Gasteiger partial charge on any atom is -0.0165 e. The minimum atomic E-state index is 0.826. The van der Waals surface area contributed by atoms with E-state index in [9.17, 15) is 0 Å². The van der Waals surface area contributed by atoms with Gasteiger partial charge in [0.15, 0.2) is 0 Å². The number of allylic oxidation sites excluding steroid dienone is 4. The summed E-state index contributed by atoms with van der Waals surface area (Å²) in [5.41, 5.74) is 0. The highest BCUT2D eigenvalue weighted by atomic mass is 14.3. The van der Waals surface area contributed by atoms with Gasteiger partial charge in [-0.05, 0) is 43.4 Å². The van der Waals surface area contributed by atoms with Crippen molar-refractivity contribution in [3.63, 3.8) is 0 Å². The monoisotopic (exact) mass is 162 g/mol. The van der Waals surface area contributed by atoms with Crippen LogP contribution >= 0.6 is 0 Å². The van der Waals surface area contributed by atoms with Gasteiger partial charge in [-0.1, -0.05) is 31.2 Å². The van der Waals surface area contributed by atoms with Crippen LogP contribution in [0.3, 0.4) is 0 Å².